The Bertz CT molecular complexity index is 527. The predicted molar refractivity (Wildman–Crippen MR) is 88.0 cm³/mol. The number of piperazine rings is 1. The fourth-order valence-corrected chi connectivity index (χ4v) is 2.87. The molecule has 1 amide bonds. The molecule has 2 rings (SSSR count). The van der Waals surface area contributed by atoms with Gasteiger partial charge >= 0.3 is 0 Å². The van der Waals surface area contributed by atoms with Crippen molar-refractivity contribution >= 4 is 39.0 Å². The first-order valence-electron chi connectivity index (χ1n) is 6.53. The molecule has 1 aliphatic rings. The molecule has 108 valence electrons. The van der Waals surface area contributed by atoms with Crippen molar-refractivity contribution in [3.05, 3.63) is 33.8 Å². The fourth-order valence-electron chi connectivity index (χ4n) is 2.32. The minimum atomic E-state index is 0.0961. The van der Waals surface area contributed by atoms with Crippen molar-refractivity contribution in [2.45, 2.75) is 6.92 Å². The van der Waals surface area contributed by atoms with Gasteiger partial charge in [0, 0.05) is 42.8 Å². The summed E-state index contributed by atoms with van der Waals surface area (Å²) >= 11 is 8.33. The maximum Gasteiger partial charge on any atom is 0.254 e. The van der Waals surface area contributed by atoms with Crippen LogP contribution in [0.3, 0.4) is 0 Å². The van der Waals surface area contributed by atoms with Gasteiger partial charge in [-0.2, -0.15) is 0 Å². The number of carbonyl (C=O) groups excluding carboxylic acids is 1. The van der Waals surface area contributed by atoms with Gasteiger partial charge < -0.3 is 10.6 Å². The Hall–Kier alpha value is -0.980. The van der Waals surface area contributed by atoms with Crippen LogP contribution in [0.2, 0.25) is 0 Å². The van der Waals surface area contributed by atoms with Gasteiger partial charge in [-0.3, -0.25) is 9.69 Å². The van der Waals surface area contributed by atoms with E-state index in [1.54, 1.807) is 0 Å². The monoisotopic (exact) mass is 355 g/mol. The van der Waals surface area contributed by atoms with Gasteiger partial charge in [0.2, 0.25) is 0 Å². The molecular weight excluding hydrogens is 338 g/mol. The summed E-state index contributed by atoms with van der Waals surface area (Å²) in [6.07, 6.45) is 0. The number of aryl methyl sites for hydroxylation is 1. The Morgan fingerprint density at radius 2 is 2.00 bits per heavy atom. The van der Waals surface area contributed by atoms with Crippen molar-refractivity contribution in [2.24, 2.45) is 5.73 Å². The maximum atomic E-state index is 12.5. The van der Waals surface area contributed by atoms with Gasteiger partial charge in [-0.05, 0) is 24.6 Å². The van der Waals surface area contributed by atoms with Gasteiger partial charge in [-0.15, -0.1) is 0 Å². The van der Waals surface area contributed by atoms with Crippen LogP contribution in [-0.2, 0) is 0 Å². The first kappa shape index (κ1) is 15.4. The lowest BCUT2D eigenvalue weighted by Gasteiger charge is -2.34. The molecule has 1 aromatic rings. The summed E-state index contributed by atoms with van der Waals surface area (Å²) in [6.45, 7) is 5.66. The first-order chi connectivity index (χ1) is 9.47. The molecule has 20 heavy (non-hydrogen) atoms. The molecule has 1 aliphatic heterocycles. The van der Waals surface area contributed by atoms with E-state index >= 15 is 0 Å². The summed E-state index contributed by atoms with van der Waals surface area (Å²) in [5.74, 6) is 0.0961. The molecule has 0 bridgehead atoms. The summed E-state index contributed by atoms with van der Waals surface area (Å²) in [5, 5.41) is 0. The van der Waals surface area contributed by atoms with Gasteiger partial charge in [0.1, 0.15) is 0 Å². The van der Waals surface area contributed by atoms with E-state index < -0.39 is 0 Å². The molecule has 1 aromatic carbocycles. The van der Waals surface area contributed by atoms with E-state index in [2.05, 4.69) is 20.8 Å². The second kappa shape index (κ2) is 6.65. The number of hydrogen-bond donors (Lipinski definition) is 1. The van der Waals surface area contributed by atoms with Crippen molar-refractivity contribution in [1.29, 1.82) is 0 Å². The molecule has 6 heteroatoms. The van der Waals surface area contributed by atoms with Gasteiger partial charge in [0.05, 0.1) is 4.99 Å². The Labute approximate surface area is 133 Å². The Kier molecular flexibility index (Phi) is 5.12. The quantitative estimate of drug-likeness (QED) is 0.840. The molecule has 1 fully saturated rings. The van der Waals surface area contributed by atoms with Crippen molar-refractivity contribution in [2.75, 3.05) is 32.7 Å². The van der Waals surface area contributed by atoms with E-state index in [4.69, 9.17) is 18.0 Å². The van der Waals surface area contributed by atoms with Gasteiger partial charge in [-0.25, -0.2) is 0 Å². The number of amides is 1. The molecule has 0 aliphatic carbocycles. The number of hydrogen-bond acceptors (Lipinski definition) is 3. The third-order valence-corrected chi connectivity index (χ3v) is 4.09. The van der Waals surface area contributed by atoms with Crippen LogP contribution in [-0.4, -0.2) is 53.4 Å². The average molecular weight is 356 g/mol. The van der Waals surface area contributed by atoms with E-state index in [0.717, 1.165) is 28.7 Å². The van der Waals surface area contributed by atoms with Gasteiger partial charge in [0.15, 0.2) is 0 Å². The summed E-state index contributed by atoms with van der Waals surface area (Å²) < 4.78 is 0.929. The highest BCUT2D eigenvalue weighted by Gasteiger charge is 2.23. The second-order valence-electron chi connectivity index (χ2n) is 4.99. The Morgan fingerprint density at radius 1 is 1.35 bits per heavy atom. The minimum absolute atomic E-state index is 0.0961. The van der Waals surface area contributed by atoms with Crippen LogP contribution in [0, 0.1) is 6.92 Å². The summed E-state index contributed by atoms with van der Waals surface area (Å²) in [7, 11) is 0. The number of nitrogens with two attached hydrogens (primary N) is 1. The number of nitrogens with zero attached hydrogens (tertiary/aromatic N) is 2. The number of thiocarbonyl (C=S) groups is 1. The molecule has 4 nitrogen and oxygen atoms in total. The largest absolute Gasteiger partial charge is 0.392 e. The number of carbonyl (C=O) groups is 1. The highest BCUT2D eigenvalue weighted by Crippen LogP contribution is 2.18. The zero-order chi connectivity index (χ0) is 14.7. The number of rotatable bonds is 3. The van der Waals surface area contributed by atoms with Crippen LogP contribution in [0.5, 0.6) is 0 Å². The van der Waals surface area contributed by atoms with E-state index in [1.165, 1.54) is 0 Å². The van der Waals surface area contributed by atoms with Gasteiger partial charge in [-0.1, -0.05) is 34.2 Å². The molecule has 0 unspecified atom stereocenters. The number of benzene rings is 1. The zero-order valence-electron chi connectivity index (χ0n) is 11.4. The topological polar surface area (TPSA) is 49.6 Å². The average Bonchev–Trinajstić information content (AvgIpc) is 2.41. The van der Waals surface area contributed by atoms with Crippen LogP contribution < -0.4 is 5.73 Å². The Balaban J connectivity index is 2.01. The summed E-state index contributed by atoms with van der Waals surface area (Å²) in [6, 6.07) is 5.80. The van der Waals surface area contributed by atoms with Crippen LogP contribution in [0.25, 0.3) is 0 Å². The molecule has 0 radical (unpaired) electrons. The van der Waals surface area contributed by atoms with Crippen LogP contribution in [0.15, 0.2) is 22.7 Å². The van der Waals surface area contributed by atoms with E-state index in [-0.39, 0.29) is 5.91 Å². The van der Waals surface area contributed by atoms with Crippen LogP contribution in [0.4, 0.5) is 0 Å². The lowest BCUT2D eigenvalue weighted by molar-refractivity contribution is 0.0653. The maximum absolute atomic E-state index is 12.5. The zero-order valence-corrected chi connectivity index (χ0v) is 13.8. The lowest BCUT2D eigenvalue weighted by atomic mass is 10.1. The van der Waals surface area contributed by atoms with Crippen molar-refractivity contribution in [3.63, 3.8) is 0 Å². The lowest BCUT2D eigenvalue weighted by Crippen LogP contribution is -2.50. The second-order valence-corrected chi connectivity index (χ2v) is 6.43. The molecule has 1 saturated heterocycles. The number of halogens is 1. The van der Waals surface area contributed by atoms with Crippen LogP contribution >= 0.6 is 28.1 Å². The molecule has 0 saturated carbocycles. The fraction of sp³-hybridized carbons (Fsp3) is 0.429. The normalized spacial score (nSPS) is 16.2. The molecular formula is C14H18BrN3OS. The third-order valence-electron chi connectivity index (χ3n) is 3.47. The van der Waals surface area contributed by atoms with E-state index in [1.807, 2.05) is 30.0 Å². The standard InChI is InChI=1S/C14H18BrN3OS/c1-10-2-3-11(15)8-12(10)14(19)18-6-4-17(5-7-18)9-13(16)20/h2-3,8H,4-7,9H2,1H3,(H2,16,20). The van der Waals surface area contributed by atoms with Crippen molar-refractivity contribution in [1.82, 2.24) is 9.80 Å². The molecule has 1 heterocycles. The SMILES string of the molecule is Cc1ccc(Br)cc1C(=O)N1CCN(CC(N)=S)CC1. The first-order valence-corrected chi connectivity index (χ1v) is 7.73. The summed E-state index contributed by atoms with van der Waals surface area (Å²) in [4.78, 5) is 17.1. The highest BCUT2D eigenvalue weighted by atomic mass is 79.9. The van der Waals surface area contributed by atoms with Crippen molar-refractivity contribution < 1.29 is 4.79 Å². The highest BCUT2D eigenvalue weighted by molar-refractivity contribution is 9.10. The molecule has 2 N–H and O–H groups in total. The molecule has 0 atom stereocenters. The third kappa shape index (κ3) is 3.77. The molecule has 0 aromatic heterocycles. The van der Waals surface area contributed by atoms with Crippen molar-refractivity contribution in [3.8, 4) is 0 Å². The smallest absolute Gasteiger partial charge is 0.254 e. The van der Waals surface area contributed by atoms with E-state index in [0.29, 0.717) is 24.6 Å². The van der Waals surface area contributed by atoms with E-state index in [9.17, 15) is 4.79 Å². The minimum Gasteiger partial charge on any atom is -0.392 e. The Morgan fingerprint density at radius 3 is 2.60 bits per heavy atom. The predicted octanol–water partition coefficient (Wildman–Crippen LogP) is 1.80. The summed E-state index contributed by atoms with van der Waals surface area (Å²) in [5.41, 5.74) is 7.32. The van der Waals surface area contributed by atoms with Crippen LogP contribution in [0.1, 0.15) is 15.9 Å². The molecule has 0 spiro atoms. The van der Waals surface area contributed by atoms with Gasteiger partial charge in [0.25, 0.3) is 5.91 Å².